The van der Waals surface area contributed by atoms with E-state index in [9.17, 15) is 0 Å². The van der Waals surface area contributed by atoms with Gasteiger partial charge >= 0.3 is 0 Å². The first-order valence-electron chi connectivity index (χ1n) is 2.78. The summed E-state index contributed by atoms with van der Waals surface area (Å²) in [6.07, 6.45) is 1.67. The van der Waals surface area contributed by atoms with Gasteiger partial charge in [-0.25, -0.2) is 5.01 Å². The van der Waals surface area contributed by atoms with Crippen LogP contribution < -0.4 is 5.43 Å². The van der Waals surface area contributed by atoms with Gasteiger partial charge in [0.1, 0.15) is 0 Å². The fourth-order valence-corrected chi connectivity index (χ4v) is 0.293. The number of hydrogen-bond acceptors (Lipinski definition) is 2. The van der Waals surface area contributed by atoms with Crippen molar-refractivity contribution in [1.82, 2.24) is 10.4 Å². The SMILES string of the molecule is C=CNN(C)C(C)C. The molecule has 0 atom stereocenters. The van der Waals surface area contributed by atoms with Gasteiger partial charge in [0.25, 0.3) is 0 Å². The molecule has 0 fully saturated rings. The lowest BCUT2D eigenvalue weighted by molar-refractivity contribution is 0.221. The lowest BCUT2D eigenvalue weighted by atomic mass is 10.4. The van der Waals surface area contributed by atoms with Gasteiger partial charge in [-0.15, -0.1) is 0 Å². The molecular formula is C6H14N2. The minimum Gasteiger partial charge on any atom is -0.327 e. The monoisotopic (exact) mass is 114 g/mol. The summed E-state index contributed by atoms with van der Waals surface area (Å²) in [4.78, 5) is 0. The predicted octanol–water partition coefficient (Wildman–Crippen LogP) is 0.975. The fourth-order valence-electron chi connectivity index (χ4n) is 0.293. The molecule has 8 heavy (non-hydrogen) atoms. The van der Waals surface area contributed by atoms with Crippen molar-refractivity contribution in [2.45, 2.75) is 19.9 Å². The van der Waals surface area contributed by atoms with Crippen LogP contribution in [0.4, 0.5) is 0 Å². The van der Waals surface area contributed by atoms with E-state index < -0.39 is 0 Å². The summed E-state index contributed by atoms with van der Waals surface area (Å²) in [6, 6.07) is 0.521. The minimum atomic E-state index is 0.521. The molecule has 0 saturated heterocycles. The highest BCUT2D eigenvalue weighted by Gasteiger charge is 1.96. The molecule has 0 aliphatic rings. The Balaban J connectivity index is 3.30. The molecular weight excluding hydrogens is 100 g/mol. The van der Waals surface area contributed by atoms with E-state index in [0.717, 1.165) is 0 Å². The summed E-state index contributed by atoms with van der Waals surface area (Å²) in [5, 5.41) is 1.98. The predicted molar refractivity (Wildman–Crippen MR) is 36.2 cm³/mol. The number of nitrogens with one attached hydrogen (secondary N) is 1. The molecule has 2 nitrogen and oxygen atoms in total. The fraction of sp³-hybridized carbons (Fsp3) is 0.667. The molecule has 48 valence electrons. The zero-order valence-electron chi connectivity index (χ0n) is 5.81. The molecule has 0 aromatic heterocycles. The molecule has 0 aromatic rings. The number of rotatable bonds is 3. The minimum absolute atomic E-state index is 0.521. The molecule has 2 heteroatoms. The Kier molecular flexibility index (Phi) is 3.28. The molecule has 0 aliphatic heterocycles. The number of hydrazine groups is 1. The van der Waals surface area contributed by atoms with E-state index in [1.807, 2.05) is 12.1 Å². The van der Waals surface area contributed by atoms with E-state index >= 15 is 0 Å². The molecule has 0 heterocycles. The van der Waals surface area contributed by atoms with Gasteiger partial charge in [-0.2, -0.15) is 0 Å². The smallest absolute Gasteiger partial charge is 0.0231 e. The van der Waals surface area contributed by atoms with Crippen molar-refractivity contribution in [2.75, 3.05) is 7.05 Å². The van der Waals surface area contributed by atoms with Gasteiger partial charge in [0.15, 0.2) is 0 Å². The Morgan fingerprint density at radius 1 is 1.62 bits per heavy atom. The third kappa shape index (κ3) is 2.64. The van der Waals surface area contributed by atoms with Crippen molar-refractivity contribution < 1.29 is 0 Å². The Bertz CT molecular complexity index is 68.9. The standard InChI is InChI=1S/C6H14N2/c1-5-7-8(4)6(2)3/h5-7H,1H2,2-4H3. The molecule has 0 aromatic carbocycles. The molecule has 0 amide bonds. The maximum Gasteiger partial charge on any atom is 0.0231 e. The summed E-state index contributed by atoms with van der Waals surface area (Å²) in [7, 11) is 1.98. The maximum absolute atomic E-state index is 3.53. The van der Waals surface area contributed by atoms with Crippen molar-refractivity contribution in [2.24, 2.45) is 0 Å². The third-order valence-corrected chi connectivity index (χ3v) is 1.07. The van der Waals surface area contributed by atoms with Gasteiger partial charge in [-0.05, 0) is 13.8 Å². The van der Waals surface area contributed by atoms with E-state index in [4.69, 9.17) is 0 Å². The van der Waals surface area contributed by atoms with Crippen LogP contribution in [0.5, 0.6) is 0 Å². The molecule has 0 rings (SSSR count). The van der Waals surface area contributed by atoms with Crippen LogP contribution >= 0.6 is 0 Å². The molecule has 0 aliphatic carbocycles. The van der Waals surface area contributed by atoms with E-state index in [2.05, 4.69) is 25.9 Å². The first-order chi connectivity index (χ1) is 3.68. The lowest BCUT2D eigenvalue weighted by Gasteiger charge is -2.19. The van der Waals surface area contributed by atoms with Crippen LogP contribution in [-0.2, 0) is 0 Å². The van der Waals surface area contributed by atoms with Gasteiger partial charge in [-0.1, -0.05) is 6.58 Å². The van der Waals surface area contributed by atoms with Gasteiger partial charge in [0, 0.05) is 19.3 Å². The van der Waals surface area contributed by atoms with Gasteiger partial charge in [0.05, 0.1) is 0 Å². The molecule has 0 unspecified atom stereocenters. The van der Waals surface area contributed by atoms with Crippen molar-refractivity contribution in [3.63, 3.8) is 0 Å². The summed E-state index contributed by atoms with van der Waals surface area (Å²) in [5.41, 5.74) is 2.94. The first-order valence-corrected chi connectivity index (χ1v) is 2.78. The normalized spacial score (nSPS) is 10.1. The van der Waals surface area contributed by atoms with E-state index in [1.54, 1.807) is 6.20 Å². The Hall–Kier alpha value is -0.500. The first kappa shape index (κ1) is 7.50. The third-order valence-electron chi connectivity index (χ3n) is 1.07. The topological polar surface area (TPSA) is 15.3 Å². The number of hydrogen-bond donors (Lipinski definition) is 1. The van der Waals surface area contributed by atoms with Crippen LogP contribution in [0.2, 0.25) is 0 Å². The zero-order valence-corrected chi connectivity index (χ0v) is 5.81. The van der Waals surface area contributed by atoms with Crippen LogP contribution in [-0.4, -0.2) is 18.1 Å². The van der Waals surface area contributed by atoms with Crippen LogP contribution in [0.1, 0.15) is 13.8 Å². The van der Waals surface area contributed by atoms with Crippen LogP contribution in [0, 0.1) is 0 Å². The average molecular weight is 114 g/mol. The Morgan fingerprint density at radius 3 is 2.25 bits per heavy atom. The zero-order chi connectivity index (χ0) is 6.57. The molecule has 0 radical (unpaired) electrons. The van der Waals surface area contributed by atoms with Crippen molar-refractivity contribution in [3.8, 4) is 0 Å². The highest BCUT2D eigenvalue weighted by atomic mass is 15.5. The molecule has 0 spiro atoms. The second kappa shape index (κ2) is 3.50. The second-order valence-corrected chi connectivity index (χ2v) is 2.04. The number of nitrogens with zero attached hydrogens (tertiary/aromatic N) is 1. The van der Waals surface area contributed by atoms with E-state index in [0.29, 0.717) is 6.04 Å². The summed E-state index contributed by atoms with van der Waals surface area (Å²) in [6.45, 7) is 7.75. The van der Waals surface area contributed by atoms with Crippen molar-refractivity contribution in [3.05, 3.63) is 12.8 Å². The summed E-state index contributed by atoms with van der Waals surface area (Å²) < 4.78 is 0. The van der Waals surface area contributed by atoms with Crippen LogP contribution in [0.15, 0.2) is 12.8 Å². The largest absolute Gasteiger partial charge is 0.327 e. The molecule has 0 saturated carbocycles. The molecule has 0 bridgehead atoms. The van der Waals surface area contributed by atoms with Gasteiger partial charge in [-0.3, -0.25) is 0 Å². The average Bonchev–Trinajstić information content (AvgIpc) is 1.67. The lowest BCUT2D eigenvalue weighted by Crippen LogP contribution is -2.35. The summed E-state index contributed by atoms with van der Waals surface area (Å²) in [5.74, 6) is 0. The maximum atomic E-state index is 3.53. The quantitative estimate of drug-likeness (QED) is 0.550. The Labute approximate surface area is 51.2 Å². The highest BCUT2D eigenvalue weighted by Crippen LogP contribution is 1.85. The van der Waals surface area contributed by atoms with E-state index in [-0.39, 0.29) is 0 Å². The van der Waals surface area contributed by atoms with Gasteiger partial charge in [0.2, 0.25) is 0 Å². The van der Waals surface area contributed by atoms with Crippen LogP contribution in [0.3, 0.4) is 0 Å². The Morgan fingerprint density at radius 2 is 2.12 bits per heavy atom. The van der Waals surface area contributed by atoms with Crippen molar-refractivity contribution >= 4 is 0 Å². The second-order valence-electron chi connectivity index (χ2n) is 2.04. The highest BCUT2D eigenvalue weighted by molar-refractivity contribution is 4.61. The van der Waals surface area contributed by atoms with Crippen molar-refractivity contribution in [1.29, 1.82) is 0 Å². The van der Waals surface area contributed by atoms with Gasteiger partial charge < -0.3 is 5.43 Å². The summed E-state index contributed by atoms with van der Waals surface area (Å²) >= 11 is 0. The van der Waals surface area contributed by atoms with E-state index in [1.165, 1.54) is 0 Å². The molecule has 1 N–H and O–H groups in total. The van der Waals surface area contributed by atoms with Crippen LogP contribution in [0.25, 0.3) is 0 Å².